The average Bonchev–Trinajstić information content (AvgIpc) is 2.74. The van der Waals surface area contributed by atoms with Gasteiger partial charge < -0.3 is 5.73 Å². The number of aryl methyl sites for hydroxylation is 4. The molecule has 1 atom stereocenters. The molecule has 0 fully saturated rings. The van der Waals surface area contributed by atoms with Gasteiger partial charge in [0.25, 0.3) is 0 Å². The van der Waals surface area contributed by atoms with Gasteiger partial charge >= 0.3 is 0 Å². The van der Waals surface area contributed by atoms with E-state index in [-0.39, 0.29) is 6.04 Å². The normalized spacial score (nSPS) is 12.9. The van der Waals surface area contributed by atoms with Gasteiger partial charge in [-0.25, -0.2) is 0 Å². The van der Waals surface area contributed by atoms with Crippen LogP contribution >= 0.6 is 15.9 Å². The van der Waals surface area contributed by atoms with E-state index in [9.17, 15) is 0 Å². The van der Waals surface area contributed by atoms with Crippen molar-refractivity contribution in [1.29, 1.82) is 0 Å². The highest BCUT2D eigenvalue weighted by molar-refractivity contribution is 9.10. The van der Waals surface area contributed by atoms with Crippen LogP contribution in [-0.4, -0.2) is 25.6 Å². The Balaban J connectivity index is 2.15. The number of rotatable bonds is 4. The molecule has 0 amide bonds. The number of nitrogens with zero attached hydrogens (tertiary/aromatic N) is 4. The third kappa shape index (κ3) is 2.81. The zero-order valence-corrected chi connectivity index (χ0v) is 14.3. The van der Waals surface area contributed by atoms with E-state index in [2.05, 4.69) is 33.1 Å². The molecule has 2 rings (SSSR count). The minimum atomic E-state index is 0.0581. The Labute approximate surface area is 128 Å². The summed E-state index contributed by atoms with van der Waals surface area (Å²) in [6.07, 6.45) is 1.63. The van der Waals surface area contributed by atoms with Gasteiger partial charge in [0.15, 0.2) is 0 Å². The van der Waals surface area contributed by atoms with Crippen LogP contribution in [0.5, 0.6) is 0 Å². The topological polar surface area (TPSA) is 61.7 Å². The number of hydrogen-bond acceptors (Lipinski definition) is 3. The maximum Gasteiger partial charge on any atom is 0.0738 e. The largest absolute Gasteiger partial charge is 0.327 e. The summed E-state index contributed by atoms with van der Waals surface area (Å²) >= 11 is 3.59. The van der Waals surface area contributed by atoms with E-state index in [0.717, 1.165) is 34.4 Å². The lowest BCUT2D eigenvalue weighted by Crippen LogP contribution is -2.27. The zero-order chi connectivity index (χ0) is 15.0. The monoisotopic (exact) mass is 339 g/mol. The maximum absolute atomic E-state index is 6.33. The summed E-state index contributed by atoms with van der Waals surface area (Å²) in [6, 6.07) is 0.0581. The van der Waals surface area contributed by atoms with Gasteiger partial charge in [0.05, 0.1) is 21.6 Å². The van der Waals surface area contributed by atoms with Crippen LogP contribution in [0.2, 0.25) is 0 Å². The molecule has 0 aromatic carbocycles. The van der Waals surface area contributed by atoms with E-state index in [0.29, 0.717) is 0 Å². The molecule has 5 nitrogen and oxygen atoms in total. The fraction of sp³-hybridized carbons (Fsp3) is 0.571. The van der Waals surface area contributed by atoms with Gasteiger partial charge in [-0.2, -0.15) is 10.2 Å². The van der Waals surface area contributed by atoms with E-state index >= 15 is 0 Å². The molecule has 20 heavy (non-hydrogen) atoms. The maximum atomic E-state index is 6.33. The molecule has 0 bridgehead atoms. The van der Waals surface area contributed by atoms with Gasteiger partial charge in [-0.3, -0.25) is 9.36 Å². The van der Waals surface area contributed by atoms with Gasteiger partial charge in [0.1, 0.15) is 0 Å². The summed E-state index contributed by atoms with van der Waals surface area (Å²) in [5.41, 5.74) is 12.0. The third-order valence-corrected chi connectivity index (χ3v) is 4.87. The molecule has 6 heteroatoms. The summed E-state index contributed by atoms with van der Waals surface area (Å²) in [4.78, 5) is 0. The molecular weight excluding hydrogens is 318 g/mol. The molecule has 0 aliphatic carbocycles. The summed E-state index contributed by atoms with van der Waals surface area (Å²) in [7, 11) is 3.93. The van der Waals surface area contributed by atoms with Crippen molar-refractivity contribution < 1.29 is 0 Å². The summed E-state index contributed by atoms with van der Waals surface area (Å²) < 4.78 is 4.89. The molecule has 0 spiro atoms. The van der Waals surface area contributed by atoms with Crippen LogP contribution in [0.25, 0.3) is 0 Å². The summed E-state index contributed by atoms with van der Waals surface area (Å²) in [5.74, 6) is 0. The van der Waals surface area contributed by atoms with Gasteiger partial charge in [0.2, 0.25) is 0 Å². The molecule has 0 aliphatic rings. The minimum absolute atomic E-state index is 0.0581. The van der Waals surface area contributed by atoms with Crippen molar-refractivity contribution >= 4 is 15.9 Å². The smallest absolute Gasteiger partial charge is 0.0738 e. The van der Waals surface area contributed by atoms with Gasteiger partial charge in [0, 0.05) is 32.3 Å². The van der Waals surface area contributed by atoms with E-state index in [1.807, 2.05) is 37.3 Å². The summed E-state index contributed by atoms with van der Waals surface area (Å²) in [5, 5.41) is 8.85. The van der Waals surface area contributed by atoms with Crippen LogP contribution in [-0.2, 0) is 26.9 Å². The second-order valence-corrected chi connectivity index (χ2v) is 6.20. The molecule has 110 valence electrons. The Morgan fingerprint density at radius 1 is 1.05 bits per heavy atom. The Morgan fingerprint density at radius 2 is 1.65 bits per heavy atom. The summed E-state index contributed by atoms with van der Waals surface area (Å²) in [6.45, 7) is 6.12. The number of aromatic nitrogens is 4. The molecule has 0 saturated carbocycles. The number of nitrogens with two attached hydrogens (primary N) is 1. The van der Waals surface area contributed by atoms with Crippen LogP contribution in [0.1, 0.15) is 28.3 Å². The standard InChI is InChI=1S/C14H22BrN5/c1-8-12(10(3)19(4)17-8)6-11(16)7-13-14(15)9(2)18-20(13)5/h11H,6-7,16H2,1-5H3. The first-order valence-electron chi connectivity index (χ1n) is 6.73. The Kier molecular flexibility index (Phi) is 4.34. The van der Waals surface area contributed by atoms with E-state index in [1.54, 1.807) is 0 Å². The number of hydrogen-bond donors (Lipinski definition) is 1. The Morgan fingerprint density at radius 3 is 2.10 bits per heavy atom. The fourth-order valence-electron chi connectivity index (χ4n) is 2.60. The third-order valence-electron chi connectivity index (χ3n) is 3.84. The molecule has 2 N–H and O–H groups in total. The van der Waals surface area contributed by atoms with E-state index in [1.165, 1.54) is 11.3 Å². The highest BCUT2D eigenvalue weighted by atomic mass is 79.9. The molecule has 0 saturated heterocycles. The van der Waals surface area contributed by atoms with E-state index in [4.69, 9.17) is 5.73 Å². The Bertz CT molecular complexity index is 572. The van der Waals surface area contributed by atoms with Crippen molar-refractivity contribution in [2.24, 2.45) is 19.8 Å². The SMILES string of the molecule is Cc1nn(C)c(CC(N)Cc2c(C)nn(C)c2C)c1Br. The van der Waals surface area contributed by atoms with Crippen LogP contribution in [0, 0.1) is 20.8 Å². The molecule has 2 heterocycles. The van der Waals surface area contributed by atoms with Crippen LogP contribution in [0.4, 0.5) is 0 Å². The predicted octanol–water partition coefficient (Wildman–Crippen LogP) is 1.95. The quantitative estimate of drug-likeness (QED) is 0.925. The second-order valence-electron chi connectivity index (χ2n) is 5.41. The molecule has 0 radical (unpaired) electrons. The van der Waals surface area contributed by atoms with Gasteiger partial charge in [-0.15, -0.1) is 0 Å². The van der Waals surface area contributed by atoms with Crippen LogP contribution in [0.3, 0.4) is 0 Å². The van der Waals surface area contributed by atoms with Crippen LogP contribution in [0.15, 0.2) is 4.47 Å². The lowest BCUT2D eigenvalue weighted by molar-refractivity contribution is 0.608. The second kappa shape index (κ2) is 5.69. The molecule has 2 aromatic rings. The first kappa shape index (κ1) is 15.3. The molecule has 1 unspecified atom stereocenters. The van der Waals surface area contributed by atoms with Crippen LogP contribution < -0.4 is 5.73 Å². The van der Waals surface area contributed by atoms with Crippen molar-refractivity contribution in [2.45, 2.75) is 39.7 Å². The minimum Gasteiger partial charge on any atom is -0.327 e. The Hall–Kier alpha value is -1.14. The average molecular weight is 340 g/mol. The van der Waals surface area contributed by atoms with Crippen molar-refractivity contribution in [1.82, 2.24) is 19.6 Å². The van der Waals surface area contributed by atoms with Crippen molar-refractivity contribution in [3.63, 3.8) is 0 Å². The highest BCUT2D eigenvalue weighted by Crippen LogP contribution is 2.22. The molecule has 2 aromatic heterocycles. The van der Waals surface area contributed by atoms with Crippen molar-refractivity contribution in [3.8, 4) is 0 Å². The number of halogens is 1. The van der Waals surface area contributed by atoms with Crippen molar-refractivity contribution in [3.05, 3.63) is 32.8 Å². The predicted molar refractivity (Wildman–Crippen MR) is 83.7 cm³/mol. The fourth-order valence-corrected chi connectivity index (χ4v) is 3.10. The lowest BCUT2D eigenvalue weighted by Gasteiger charge is -2.13. The molecular formula is C14H22BrN5. The van der Waals surface area contributed by atoms with E-state index < -0.39 is 0 Å². The highest BCUT2D eigenvalue weighted by Gasteiger charge is 2.17. The molecule has 0 aliphatic heterocycles. The first-order chi connectivity index (χ1) is 9.31. The lowest BCUT2D eigenvalue weighted by atomic mass is 10.0. The first-order valence-corrected chi connectivity index (χ1v) is 7.53. The zero-order valence-electron chi connectivity index (χ0n) is 12.7. The van der Waals surface area contributed by atoms with Crippen molar-refractivity contribution in [2.75, 3.05) is 0 Å². The van der Waals surface area contributed by atoms with Gasteiger partial charge in [-0.05, 0) is 48.7 Å². The van der Waals surface area contributed by atoms with Gasteiger partial charge in [-0.1, -0.05) is 0 Å².